The highest BCUT2D eigenvalue weighted by Gasteiger charge is 2.19. The van der Waals surface area contributed by atoms with Crippen molar-refractivity contribution in [3.8, 4) is 6.07 Å². The number of carbonyl (C=O) groups is 1. The number of anilines is 1. The third-order valence-corrected chi connectivity index (χ3v) is 3.99. The summed E-state index contributed by atoms with van der Waals surface area (Å²) in [7, 11) is 0. The third-order valence-electron chi connectivity index (χ3n) is 3.30. The molecule has 0 saturated heterocycles. The number of nitrogens with zero attached hydrogens (tertiary/aromatic N) is 1. The SMILES string of the molecule is N#C/C(=C/Nc1ccccc1Br)C(=O)NC1CCCC1. The van der Waals surface area contributed by atoms with Gasteiger partial charge in [-0.2, -0.15) is 5.26 Å². The molecule has 1 amide bonds. The van der Waals surface area contributed by atoms with Gasteiger partial charge in [0.25, 0.3) is 5.91 Å². The average molecular weight is 334 g/mol. The van der Waals surface area contributed by atoms with Crippen LogP contribution in [0.1, 0.15) is 25.7 Å². The van der Waals surface area contributed by atoms with Gasteiger partial charge in [-0.3, -0.25) is 4.79 Å². The van der Waals surface area contributed by atoms with Crippen molar-refractivity contribution in [3.63, 3.8) is 0 Å². The molecule has 0 unspecified atom stereocenters. The summed E-state index contributed by atoms with van der Waals surface area (Å²) in [6.45, 7) is 0. The van der Waals surface area contributed by atoms with E-state index in [-0.39, 0.29) is 17.5 Å². The van der Waals surface area contributed by atoms with Crippen molar-refractivity contribution in [3.05, 3.63) is 40.5 Å². The molecule has 20 heavy (non-hydrogen) atoms. The van der Waals surface area contributed by atoms with E-state index < -0.39 is 0 Å². The van der Waals surface area contributed by atoms with Gasteiger partial charge < -0.3 is 10.6 Å². The number of hydrogen-bond donors (Lipinski definition) is 2. The monoisotopic (exact) mass is 333 g/mol. The molecule has 0 aliphatic heterocycles. The van der Waals surface area contributed by atoms with Crippen LogP contribution in [0.2, 0.25) is 0 Å². The van der Waals surface area contributed by atoms with Crippen molar-refractivity contribution in [1.82, 2.24) is 5.32 Å². The number of halogens is 1. The van der Waals surface area contributed by atoms with E-state index in [9.17, 15) is 4.79 Å². The minimum absolute atomic E-state index is 0.0904. The quantitative estimate of drug-likeness (QED) is 0.656. The summed E-state index contributed by atoms with van der Waals surface area (Å²) in [5, 5.41) is 15.0. The second-order valence-corrected chi connectivity index (χ2v) is 5.60. The van der Waals surface area contributed by atoms with Gasteiger partial charge in [-0.15, -0.1) is 0 Å². The summed E-state index contributed by atoms with van der Waals surface area (Å²) < 4.78 is 0.879. The lowest BCUT2D eigenvalue weighted by atomic mass is 10.2. The van der Waals surface area contributed by atoms with E-state index in [0.717, 1.165) is 35.8 Å². The number of hydrogen-bond acceptors (Lipinski definition) is 3. The van der Waals surface area contributed by atoms with Crippen LogP contribution in [0.15, 0.2) is 40.5 Å². The Morgan fingerprint density at radius 2 is 2.05 bits per heavy atom. The molecule has 4 nitrogen and oxygen atoms in total. The summed E-state index contributed by atoms with van der Waals surface area (Å²) in [5.41, 5.74) is 0.904. The maximum Gasteiger partial charge on any atom is 0.263 e. The van der Waals surface area contributed by atoms with Crippen LogP contribution in [0.4, 0.5) is 5.69 Å². The van der Waals surface area contributed by atoms with Gasteiger partial charge in [0.15, 0.2) is 0 Å². The Bertz CT molecular complexity index is 556. The highest BCUT2D eigenvalue weighted by molar-refractivity contribution is 9.10. The smallest absolute Gasteiger partial charge is 0.263 e. The number of rotatable bonds is 4. The van der Waals surface area contributed by atoms with Crippen LogP contribution in [0.5, 0.6) is 0 Å². The first-order valence-electron chi connectivity index (χ1n) is 6.63. The van der Waals surface area contributed by atoms with Crippen LogP contribution in [0, 0.1) is 11.3 Å². The number of amides is 1. The van der Waals surface area contributed by atoms with Gasteiger partial charge in [0.05, 0.1) is 5.69 Å². The number of carbonyl (C=O) groups excluding carboxylic acids is 1. The second-order valence-electron chi connectivity index (χ2n) is 4.75. The molecule has 0 aromatic heterocycles. The minimum atomic E-state index is -0.307. The lowest BCUT2D eigenvalue weighted by Gasteiger charge is -2.11. The van der Waals surface area contributed by atoms with E-state index in [4.69, 9.17) is 5.26 Å². The molecule has 1 aliphatic carbocycles. The van der Waals surface area contributed by atoms with Crippen molar-refractivity contribution in [2.24, 2.45) is 0 Å². The molecule has 1 aromatic rings. The number of nitrogens with one attached hydrogen (secondary N) is 2. The first-order valence-corrected chi connectivity index (χ1v) is 7.42. The van der Waals surface area contributed by atoms with Gasteiger partial charge in [0, 0.05) is 16.7 Å². The van der Waals surface area contributed by atoms with E-state index in [1.807, 2.05) is 30.3 Å². The van der Waals surface area contributed by atoms with Crippen molar-refractivity contribution < 1.29 is 4.79 Å². The van der Waals surface area contributed by atoms with Crippen molar-refractivity contribution in [1.29, 1.82) is 5.26 Å². The Kier molecular flexibility index (Phi) is 5.19. The molecular formula is C15H16BrN3O. The number of para-hydroxylation sites is 1. The fourth-order valence-electron chi connectivity index (χ4n) is 2.21. The standard InChI is InChI=1S/C15H16BrN3O/c16-13-7-3-4-8-14(13)18-10-11(9-17)15(20)19-12-5-1-2-6-12/h3-4,7-8,10,12,18H,1-2,5-6H2,(H,19,20)/b11-10-. The molecule has 1 saturated carbocycles. The molecular weight excluding hydrogens is 318 g/mol. The maximum absolute atomic E-state index is 12.0. The molecule has 104 valence electrons. The maximum atomic E-state index is 12.0. The molecule has 0 heterocycles. The van der Waals surface area contributed by atoms with Crippen LogP contribution in [0.3, 0.4) is 0 Å². The van der Waals surface area contributed by atoms with Gasteiger partial charge in [0.2, 0.25) is 0 Å². The highest BCUT2D eigenvalue weighted by Crippen LogP contribution is 2.21. The fourth-order valence-corrected chi connectivity index (χ4v) is 2.61. The van der Waals surface area contributed by atoms with Gasteiger partial charge in [0.1, 0.15) is 11.6 Å². The van der Waals surface area contributed by atoms with E-state index in [1.165, 1.54) is 6.20 Å². The van der Waals surface area contributed by atoms with E-state index in [0.29, 0.717) is 0 Å². The van der Waals surface area contributed by atoms with E-state index >= 15 is 0 Å². The molecule has 1 fully saturated rings. The molecule has 0 radical (unpaired) electrons. The van der Waals surface area contributed by atoms with Crippen LogP contribution in [0.25, 0.3) is 0 Å². The normalized spacial score (nSPS) is 15.7. The first kappa shape index (κ1) is 14.6. The zero-order valence-corrected chi connectivity index (χ0v) is 12.6. The fraction of sp³-hybridized carbons (Fsp3) is 0.333. The summed E-state index contributed by atoms with van der Waals surface area (Å²) in [4.78, 5) is 12.0. The van der Waals surface area contributed by atoms with Crippen molar-refractivity contribution in [2.45, 2.75) is 31.7 Å². The van der Waals surface area contributed by atoms with Crippen molar-refractivity contribution in [2.75, 3.05) is 5.32 Å². The minimum Gasteiger partial charge on any atom is -0.359 e. The predicted molar refractivity (Wildman–Crippen MR) is 81.9 cm³/mol. The molecule has 1 aliphatic rings. The van der Waals surface area contributed by atoms with Gasteiger partial charge >= 0.3 is 0 Å². The Morgan fingerprint density at radius 3 is 2.70 bits per heavy atom. The van der Waals surface area contributed by atoms with Crippen LogP contribution in [-0.2, 0) is 4.79 Å². The van der Waals surface area contributed by atoms with Crippen molar-refractivity contribution >= 4 is 27.5 Å². The Labute approximate surface area is 127 Å². The van der Waals surface area contributed by atoms with E-state index in [1.54, 1.807) is 0 Å². The molecule has 0 bridgehead atoms. The molecule has 2 N–H and O–H groups in total. The molecule has 5 heteroatoms. The number of benzene rings is 1. The highest BCUT2D eigenvalue weighted by atomic mass is 79.9. The summed E-state index contributed by atoms with van der Waals surface area (Å²) in [6, 6.07) is 9.68. The topological polar surface area (TPSA) is 64.9 Å². The van der Waals surface area contributed by atoms with Crippen LogP contribution >= 0.6 is 15.9 Å². The Balaban J connectivity index is 2.00. The number of nitriles is 1. The Morgan fingerprint density at radius 1 is 1.35 bits per heavy atom. The largest absolute Gasteiger partial charge is 0.359 e. The molecule has 1 aromatic carbocycles. The molecule has 2 rings (SSSR count). The van der Waals surface area contributed by atoms with Crippen LogP contribution in [-0.4, -0.2) is 11.9 Å². The van der Waals surface area contributed by atoms with Gasteiger partial charge in [-0.1, -0.05) is 25.0 Å². The lowest BCUT2D eigenvalue weighted by molar-refractivity contribution is -0.117. The van der Waals surface area contributed by atoms with E-state index in [2.05, 4.69) is 26.6 Å². The summed E-state index contributed by atoms with van der Waals surface area (Å²) in [5.74, 6) is -0.307. The van der Waals surface area contributed by atoms with Gasteiger partial charge in [-0.25, -0.2) is 0 Å². The van der Waals surface area contributed by atoms with Gasteiger partial charge in [-0.05, 0) is 40.9 Å². The molecule has 0 atom stereocenters. The zero-order chi connectivity index (χ0) is 14.4. The predicted octanol–water partition coefficient (Wildman–Crippen LogP) is 3.33. The first-order chi connectivity index (χ1) is 9.70. The van der Waals surface area contributed by atoms with Crippen LogP contribution < -0.4 is 10.6 Å². The summed E-state index contributed by atoms with van der Waals surface area (Å²) in [6.07, 6.45) is 5.74. The third kappa shape index (κ3) is 3.84. The lowest BCUT2D eigenvalue weighted by Crippen LogP contribution is -2.33. The summed E-state index contributed by atoms with van der Waals surface area (Å²) >= 11 is 3.40. The molecule has 0 spiro atoms. The average Bonchev–Trinajstić information content (AvgIpc) is 2.94. The Hall–Kier alpha value is -1.80. The second kappa shape index (κ2) is 7.11. The zero-order valence-electron chi connectivity index (χ0n) is 11.0.